The lowest BCUT2D eigenvalue weighted by Gasteiger charge is -2.18. The number of halogens is 2. The molecule has 0 bridgehead atoms. The molecule has 1 fully saturated rings. The topological polar surface area (TPSA) is 75.7 Å². The zero-order valence-electron chi connectivity index (χ0n) is 16.0. The molecule has 1 saturated heterocycles. The van der Waals surface area contributed by atoms with Gasteiger partial charge in [-0.1, -0.05) is 41.4 Å². The molecule has 6 nitrogen and oxygen atoms in total. The fourth-order valence-electron chi connectivity index (χ4n) is 3.11. The van der Waals surface area contributed by atoms with E-state index in [1.54, 1.807) is 18.2 Å². The van der Waals surface area contributed by atoms with Gasteiger partial charge in [-0.05, 0) is 43.2 Å². The maximum atomic E-state index is 12.4. The van der Waals surface area contributed by atoms with Crippen LogP contribution >= 0.6 is 23.2 Å². The second-order valence-electron chi connectivity index (χ2n) is 6.95. The molecule has 29 heavy (non-hydrogen) atoms. The van der Waals surface area contributed by atoms with Gasteiger partial charge in [-0.3, -0.25) is 14.4 Å². The summed E-state index contributed by atoms with van der Waals surface area (Å²) in [6, 6.07) is 10.7. The van der Waals surface area contributed by atoms with Crippen LogP contribution in [0.15, 0.2) is 36.4 Å². The first kappa shape index (κ1) is 21.1. The van der Waals surface area contributed by atoms with E-state index < -0.39 is 24.4 Å². The molecule has 2 amide bonds. The van der Waals surface area contributed by atoms with Gasteiger partial charge in [0, 0.05) is 18.7 Å². The molecule has 1 aliphatic heterocycles. The van der Waals surface area contributed by atoms with Crippen molar-refractivity contribution in [1.82, 2.24) is 0 Å². The van der Waals surface area contributed by atoms with Crippen LogP contribution in [-0.2, 0) is 19.1 Å². The number of anilines is 2. The number of ether oxygens (including phenoxy) is 1. The molecule has 0 saturated carbocycles. The summed E-state index contributed by atoms with van der Waals surface area (Å²) in [4.78, 5) is 38.2. The van der Waals surface area contributed by atoms with Crippen LogP contribution in [0.25, 0.3) is 0 Å². The lowest BCUT2D eigenvalue weighted by atomic mass is 10.1. The molecule has 0 spiro atoms. The highest BCUT2D eigenvalue weighted by Crippen LogP contribution is 2.35. The Kier molecular flexibility index (Phi) is 6.45. The first-order valence-electron chi connectivity index (χ1n) is 9.04. The van der Waals surface area contributed by atoms with Gasteiger partial charge in [0.2, 0.25) is 5.91 Å². The predicted molar refractivity (Wildman–Crippen MR) is 112 cm³/mol. The molecule has 1 aliphatic rings. The van der Waals surface area contributed by atoms with E-state index in [0.29, 0.717) is 16.4 Å². The van der Waals surface area contributed by atoms with E-state index in [0.717, 1.165) is 11.1 Å². The number of carbonyl (C=O) groups is 3. The Hall–Kier alpha value is -2.57. The minimum atomic E-state index is -0.675. The second kappa shape index (κ2) is 8.84. The summed E-state index contributed by atoms with van der Waals surface area (Å²) in [5, 5.41) is 3.31. The van der Waals surface area contributed by atoms with Crippen LogP contribution in [0.5, 0.6) is 0 Å². The largest absolute Gasteiger partial charge is 0.455 e. The van der Waals surface area contributed by atoms with Gasteiger partial charge >= 0.3 is 5.97 Å². The van der Waals surface area contributed by atoms with Crippen molar-refractivity contribution in [2.75, 3.05) is 23.4 Å². The van der Waals surface area contributed by atoms with Gasteiger partial charge < -0.3 is 15.0 Å². The molecule has 2 aromatic rings. The second-order valence-corrected chi connectivity index (χ2v) is 7.74. The number of esters is 1. The van der Waals surface area contributed by atoms with Crippen molar-refractivity contribution >= 4 is 52.4 Å². The number of aryl methyl sites for hydroxylation is 2. The predicted octanol–water partition coefficient (Wildman–Crippen LogP) is 4.15. The summed E-state index contributed by atoms with van der Waals surface area (Å²) in [5.74, 6) is -1.97. The van der Waals surface area contributed by atoms with E-state index in [1.807, 2.05) is 32.0 Å². The highest BCUT2D eigenvalue weighted by Gasteiger charge is 2.37. The summed E-state index contributed by atoms with van der Waals surface area (Å²) < 4.78 is 5.13. The highest BCUT2D eigenvalue weighted by atomic mass is 35.5. The number of hydrogen-bond acceptors (Lipinski definition) is 4. The molecular weight excluding hydrogens is 415 g/mol. The standard InChI is InChI=1S/C21H20Cl2N2O4/c1-12-6-7-13(2)16(8-12)24-18(26)11-29-21(28)14-9-19(27)25(10-14)17-5-3-4-15(22)20(17)23/h3-8,14H,9-11H2,1-2H3,(H,24,26)/t14-/m1/s1. The van der Waals surface area contributed by atoms with Gasteiger partial charge in [0.15, 0.2) is 6.61 Å². The number of benzene rings is 2. The molecule has 3 rings (SSSR count). The quantitative estimate of drug-likeness (QED) is 0.717. The molecule has 0 radical (unpaired) electrons. The molecule has 0 aromatic heterocycles. The first-order valence-corrected chi connectivity index (χ1v) is 9.80. The average Bonchev–Trinajstić information content (AvgIpc) is 3.06. The van der Waals surface area contributed by atoms with Crippen molar-refractivity contribution in [2.24, 2.45) is 5.92 Å². The fourth-order valence-corrected chi connectivity index (χ4v) is 3.51. The van der Waals surface area contributed by atoms with Gasteiger partial charge in [0.25, 0.3) is 5.91 Å². The third-order valence-electron chi connectivity index (χ3n) is 4.69. The van der Waals surface area contributed by atoms with Crippen molar-refractivity contribution in [2.45, 2.75) is 20.3 Å². The summed E-state index contributed by atoms with van der Waals surface area (Å²) in [7, 11) is 0. The Morgan fingerprint density at radius 2 is 1.97 bits per heavy atom. The summed E-state index contributed by atoms with van der Waals surface area (Å²) in [6.07, 6.45) is -0.0136. The fraction of sp³-hybridized carbons (Fsp3) is 0.286. The van der Waals surface area contributed by atoms with Crippen LogP contribution in [0.1, 0.15) is 17.5 Å². The van der Waals surface area contributed by atoms with Gasteiger partial charge in [0.1, 0.15) is 0 Å². The van der Waals surface area contributed by atoms with Gasteiger partial charge in [-0.2, -0.15) is 0 Å². The number of nitrogens with one attached hydrogen (secondary N) is 1. The molecule has 2 aromatic carbocycles. The minimum absolute atomic E-state index is 0.0136. The van der Waals surface area contributed by atoms with E-state index >= 15 is 0 Å². The molecular formula is C21H20Cl2N2O4. The van der Waals surface area contributed by atoms with Crippen molar-refractivity contribution in [3.63, 3.8) is 0 Å². The van der Waals surface area contributed by atoms with Crippen LogP contribution in [-0.4, -0.2) is 30.9 Å². The van der Waals surface area contributed by atoms with Gasteiger partial charge in [-0.15, -0.1) is 0 Å². The van der Waals surface area contributed by atoms with Gasteiger partial charge in [0.05, 0.1) is 21.7 Å². The van der Waals surface area contributed by atoms with Crippen LogP contribution in [0, 0.1) is 19.8 Å². The lowest BCUT2D eigenvalue weighted by molar-refractivity contribution is -0.151. The zero-order valence-corrected chi connectivity index (χ0v) is 17.5. The molecule has 1 N–H and O–H groups in total. The molecule has 1 heterocycles. The van der Waals surface area contributed by atoms with Crippen LogP contribution in [0.4, 0.5) is 11.4 Å². The van der Waals surface area contributed by atoms with E-state index in [-0.39, 0.29) is 23.9 Å². The minimum Gasteiger partial charge on any atom is -0.455 e. The molecule has 8 heteroatoms. The van der Waals surface area contributed by atoms with Crippen LogP contribution in [0.3, 0.4) is 0 Å². The maximum Gasteiger partial charge on any atom is 0.311 e. The number of rotatable bonds is 5. The van der Waals surface area contributed by atoms with Crippen molar-refractivity contribution < 1.29 is 19.1 Å². The van der Waals surface area contributed by atoms with Crippen molar-refractivity contribution in [1.29, 1.82) is 0 Å². The third kappa shape index (κ3) is 4.89. The lowest BCUT2D eigenvalue weighted by Crippen LogP contribution is -2.28. The molecule has 0 aliphatic carbocycles. The third-order valence-corrected chi connectivity index (χ3v) is 5.50. The monoisotopic (exact) mass is 434 g/mol. The Morgan fingerprint density at radius 1 is 1.21 bits per heavy atom. The first-order chi connectivity index (χ1) is 13.8. The number of carbonyl (C=O) groups excluding carboxylic acids is 3. The number of hydrogen-bond donors (Lipinski definition) is 1. The van der Waals surface area contributed by atoms with Crippen LogP contribution < -0.4 is 10.2 Å². The molecule has 152 valence electrons. The summed E-state index contributed by atoms with van der Waals surface area (Å²) >= 11 is 12.2. The van der Waals surface area contributed by atoms with E-state index in [2.05, 4.69) is 5.32 Å². The normalized spacial score (nSPS) is 16.1. The number of nitrogens with zero attached hydrogens (tertiary/aromatic N) is 1. The van der Waals surface area contributed by atoms with Gasteiger partial charge in [-0.25, -0.2) is 0 Å². The smallest absolute Gasteiger partial charge is 0.311 e. The Morgan fingerprint density at radius 3 is 2.72 bits per heavy atom. The van der Waals surface area contributed by atoms with E-state index in [9.17, 15) is 14.4 Å². The zero-order chi connectivity index (χ0) is 21.1. The Bertz CT molecular complexity index is 977. The molecule has 0 unspecified atom stereocenters. The number of amides is 2. The van der Waals surface area contributed by atoms with Crippen molar-refractivity contribution in [3.05, 3.63) is 57.6 Å². The SMILES string of the molecule is Cc1ccc(C)c(NC(=O)COC(=O)[C@@H]2CC(=O)N(c3cccc(Cl)c3Cl)C2)c1. The van der Waals surface area contributed by atoms with Crippen LogP contribution in [0.2, 0.25) is 10.0 Å². The summed E-state index contributed by atoms with van der Waals surface area (Å²) in [6.45, 7) is 3.50. The van der Waals surface area contributed by atoms with E-state index in [4.69, 9.17) is 27.9 Å². The average molecular weight is 435 g/mol. The Labute approximate surface area is 178 Å². The Balaban J connectivity index is 1.57. The van der Waals surface area contributed by atoms with Crippen molar-refractivity contribution in [3.8, 4) is 0 Å². The molecule has 1 atom stereocenters. The maximum absolute atomic E-state index is 12.4. The van der Waals surface area contributed by atoms with E-state index in [1.165, 1.54) is 4.90 Å². The highest BCUT2D eigenvalue weighted by molar-refractivity contribution is 6.44. The summed E-state index contributed by atoms with van der Waals surface area (Å²) in [5.41, 5.74) is 3.04.